The van der Waals surface area contributed by atoms with Gasteiger partial charge in [0.2, 0.25) is 0 Å². The molecule has 2 fully saturated rings. The molecule has 0 unspecified atom stereocenters. The van der Waals surface area contributed by atoms with Gasteiger partial charge in [0.1, 0.15) is 0 Å². The molecule has 1 heterocycles. The van der Waals surface area contributed by atoms with Crippen molar-refractivity contribution in [2.24, 2.45) is 5.41 Å². The molecule has 2 N–H and O–H groups in total. The Morgan fingerprint density at radius 1 is 1.62 bits per heavy atom. The Hall–Kier alpha value is -0.160. The zero-order valence-electron chi connectivity index (χ0n) is 7.82. The van der Waals surface area contributed by atoms with E-state index < -0.39 is 17.3 Å². The van der Waals surface area contributed by atoms with Crippen LogP contribution < -0.4 is 0 Å². The van der Waals surface area contributed by atoms with Gasteiger partial charge in [-0.25, -0.2) is 0 Å². The number of fused-ring (bicyclic) bond motifs is 2. The summed E-state index contributed by atoms with van der Waals surface area (Å²) in [4.78, 5) is 0. The first-order chi connectivity index (χ1) is 6.16. The van der Waals surface area contributed by atoms with E-state index in [1.54, 1.807) is 7.11 Å². The number of aliphatic hydroxyl groups is 2. The van der Waals surface area contributed by atoms with Crippen LogP contribution >= 0.6 is 0 Å². The first-order valence-corrected chi connectivity index (χ1v) is 4.64. The number of rotatable bonds is 2. The van der Waals surface area contributed by atoms with E-state index in [1.165, 1.54) is 0 Å². The van der Waals surface area contributed by atoms with Gasteiger partial charge in [-0.3, -0.25) is 0 Å². The van der Waals surface area contributed by atoms with Gasteiger partial charge in [-0.2, -0.15) is 0 Å². The molecule has 0 amide bonds. The number of aliphatic hydroxyl groups excluding tert-OH is 2. The zero-order valence-corrected chi connectivity index (χ0v) is 7.82. The molecular formula is C9H16O4. The molecule has 76 valence electrons. The molecule has 2 rings (SSSR count). The van der Waals surface area contributed by atoms with E-state index in [1.807, 2.05) is 0 Å². The highest BCUT2D eigenvalue weighted by molar-refractivity contribution is 5.01. The zero-order chi connectivity index (χ0) is 9.53. The van der Waals surface area contributed by atoms with Crippen LogP contribution in [-0.4, -0.2) is 42.4 Å². The second kappa shape index (κ2) is 2.92. The highest BCUT2D eigenvalue weighted by Gasteiger charge is 2.57. The molecule has 2 bridgehead atoms. The quantitative estimate of drug-likeness (QED) is 0.634. The molecule has 2 aliphatic rings. The summed E-state index contributed by atoms with van der Waals surface area (Å²) in [5.41, 5.74) is -0.478. The van der Waals surface area contributed by atoms with E-state index in [9.17, 15) is 10.2 Å². The van der Waals surface area contributed by atoms with Gasteiger partial charge >= 0.3 is 0 Å². The van der Waals surface area contributed by atoms with Crippen molar-refractivity contribution in [3.63, 3.8) is 0 Å². The van der Waals surface area contributed by atoms with E-state index in [0.717, 1.165) is 0 Å². The number of methoxy groups -OCH3 is 1. The van der Waals surface area contributed by atoms with E-state index in [-0.39, 0.29) is 6.61 Å². The molecule has 1 aliphatic carbocycles. The smallest absolute Gasteiger partial charge is 0.168 e. The minimum Gasteiger partial charge on any atom is -0.396 e. The van der Waals surface area contributed by atoms with Crippen molar-refractivity contribution in [3.05, 3.63) is 0 Å². The van der Waals surface area contributed by atoms with Gasteiger partial charge < -0.3 is 19.7 Å². The van der Waals surface area contributed by atoms with Crippen molar-refractivity contribution < 1.29 is 19.7 Å². The van der Waals surface area contributed by atoms with Crippen LogP contribution in [0, 0.1) is 5.41 Å². The van der Waals surface area contributed by atoms with Gasteiger partial charge in [-0.1, -0.05) is 0 Å². The van der Waals surface area contributed by atoms with Crippen molar-refractivity contribution in [2.45, 2.75) is 31.2 Å². The van der Waals surface area contributed by atoms with E-state index in [4.69, 9.17) is 9.47 Å². The molecule has 0 aromatic heterocycles. The molecule has 0 spiro atoms. The van der Waals surface area contributed by atoms with Gasteiger partial charge in [0.15, 0.2) is 5.79 Å². The standard InChI is InChI=1S/C9H16O4/c1-12-9-3-2-7(11)8(4-9,5-10)6-13-9/h7,10-11H,2-6H2,1H3/t7-,8-,9-/m0/s1. The Bertz CT molecular complexity index is 208. The molecule has 1 saturated heterocycles. The maximum Gasteiger partial charge on any atom is 0.168 e. The predicted molar refractivity (Wildman–Crippen MR) is 45.1 cm³/mol. The summed E-state index contributed by atoms with van der Waals surface area (Å²) in [6.45, 7) is 0.373. The molecular weight excluding hydrogens is 172 g/mol. The minimum absolute atomic E-state index is 0.0285. The van der Waals surface area contributed by atoms with Crippen LogP contribution in [0.4, 0.5) is 0 Å². The second-order valence-corrected chi connectivity index (χ2v) is 4.16. The predicted octanol–water partition coefficient (Wildman–Crippen LogP) is -0.117. The first-order valence-electron chi connectivity index (χ1n) is 4.64. The van der Waals surface area contributed by atoms with Crippen LogP contribution in [0.25, 0.3) is 0 Å². The third-order valence-corrected chi connectivity index (χ3v) is 3.44. The normalized spacial score (nSPS) is 49.6. The highest BCUT2D eigenvalue weighted by Crippen LogP contribution is 2.50. The lowest BCUT2D eigenvalue weighted by molar-refractivity contribution is -0.204. The Labute approximate surface area is 77.5 Å². The van der Waals surface area contributed by atoms with Gasteiger partial charge in [0.25, 0.3) is 0 Å². The molecule has 0 aromatic carbocycles. The van der Waals surface area contributed by atoms with E-state index in [2.05, 4.69) is 0 Å². The largest absolute Gasteiger partial charge is 0.396 e. The van der Waals surface area contributed by atoms with Crippen LogP contribution in [0.3, 0.4) is 0 Å². The summed E-state index contributed by atoms with van der Waals surface area (Å²) in [5.74, 6) is -0.540. The summed E-state index contributed by atoms with van der Waals surface area (Å²) in [6, 6.07) is 0. The van der Waals surface area contributed by atoms with E-state index in [0.29, 0.717) is 25.9 Å². The summed E-state index contributed by atoms with van der Waals surface area (Å²) in [5, 5.41) is 19.0. The average molecular weight is 188 g/mol. The fourth-order valence-corrected chi connectivity index (χ4v) is 2.39. The average Bonchev–Trinajstić information content (AvgIpc) is 2.51. The molecule has 1 aliphatic heterocycles. The molecule has 4 nitrogen and oxygen atoms in total. The topological polar surface area (TPSA) is 58.9 Å². The molecule has 0 aromatic rings. The summed E-state index contributed by atoms with van der Waals surface area (Å²) in [6.07, 6.45) is 1.51. The number of ether oxygens (including phenoxy) is 2. The second-order valence-electron chi connectivity index (χ2n) is 4.16. The monoisotopic (exact) mass is 188 g/mol. The number of hydrogen-bond acceptors (Lipinski definition) is 4. The molecule has 3 atom stereocenters. The summed E-state index contributed by atoms with van der Waals surface area (Å²) < 4.78 is 10.8. The lowest BCUT2D eigenvalue weighted by Gasteiger charge is -2.38. The fraction of sp³-hybridized carbons (Fsp3) is 1.00. The lowest BCUT2D eigenvalue weighted by atomic mass is 9.73. The van der Waals surface area contributed by atoms with Gasteiger partial charge in [-0.15, -0.1) is 0 Å². The maximum atomic E-state index is 9.76. The van der Waals surface area contributed by atoms with Crippen LogP contribution in [-0.2, 0) is 9.47 Å². The third-order valence-electron chi connectivity index (χ3n) is 3.44. The van der Waals surface area contributed by atoms with E-state index >= 15 is 0 Å². The summed E-state index contributed by atoms with van der Waals surface area (Å²) >= 11 is 0. The van der Waals surface area contributed by atoms with Crippen molar-refractivity contribution in [1.82, 2.24) is 0 Å². The van der Waals surface area contributed by atoms with Crippen LogP contribution in [0.2, 0.25) is 0 Å². The Balaban J connectivity index is 2.21. The van der Waals surface area contributed by atoms with Crippen molar-refractivity contribution in [3.8, 4) is 0 Å². The van der Waals surface area contributed by atoms with Crippen molar-refractivity contribution in [1.29, 1.82) is 0 Å². The summed E-state index contributed by atoms with van der Waals surface area (Å²) in [7, 11) is 1.62. The van der Waals surface area contributed by atoms with Gasteiger partial charge in [0.05, 0.1) is 19.3 Å². The first kappa shape index (κ1) is 9.40. The van der Waals surface area contributed by atoms with Gasteiger partial charge in [-0.05, 0) is 6.42 Å². The molecule has 1 saturated carbocycles. The molecule has 4 heteroatoms. The lowest BCUT2D eigenvalue weighted by Crippen LogP contribution is -2.46. The molecule has 13 heavy (non-hydrogen) atoms. The maximum absolute atomic E-state index is 9.76. The van der Waals surface area contributed by atoms with Crippen molar-refractivity contribution >= 4 is 0 Å². The highest BCUT2D eigenvalue weighted by atomic mass is 16.7. The number of hydrogen-bond donors (Lipinski definition) is 2. The van der Waals surface area contributed by atoms with Crippen LogP contribution in [0.1, 0.15) is 19.3 Å². The Morgan fingerprint density at radius 2 is 2.38 bits per heavy atom. The van der Waals surface area contributed by atoms with Crippen molar-refractivity contribution in [2.75, 3.05) is 20.3 Å². The Morgan fingerprint density at radius 3 is 3.00 bits per heavy atom. The fourth-order valence-electron chi connectivity index (χ4n) is 2.39. The van der Waals surface area contributed by atoms with Crippen LogP contribution in [0.5, 0.6) is 0 Å². The molecule has 0 radical (unpaired) electrons. The minimum atomic E-state index is -0.540. The van der Waals surface area contributed by atoms with Crippen LogP contribution in [0.15, 0.2) is 0 Å². The SMILES string of the molecule is CO[C@@]12CC[C@H](O)[C@@](CO)(CO1)C2. The Kier molecular flexibility index (Phi) is 2.11. The third kappa shape index (κ3) is 1.21. The van der Waals surface area contributed by atoms with Gasteiger partial charge in [0, 0.05) is 25.4 Å².